The van der Waals surface area contributed by atoms with Crippen molar-refractivity contribution in [3.8, 4) is 11.1 Å². The first-order chi connectivity index (χ1) is 17.3. The first kappa shape index (κ1) is 26.0. The quantitative estimate of drug-likeness (QED) is 0.332. The van der Waals surface area contributed by atoms with Crippen LogP contribution in [0.5, 0.6) is 0 Å². The monoisotopic (exact) mass is 512 g/mol. The molecule has 1 aliphatic heterocycles. The molecule has 0 unspecified atom stereocenters. The Labute approximate surface area is 214 Å². The van der Waals surface area contributed by atoms with E-state index in [0.29, 0.717) is 6.54 Å². The van der Waals surface area contributed by atoms with Crippen molar-refractivity contribution in [1.82, 2.24) is 10.2 Å². The summed E-state index contributed by atoms with van der Waals surface area (Å²) >= 11 is 6.07. The van der Waals surface area contributed by atoms with Crippen molar-refractivity contribution in [2.75, 3.05) is 13.1 Å². The molecule has 0 saturated carbocycles. The van der Waals surface area contributed by atoms with E-state index < -0.39 is 28.7 Å². The highest BCUT2D eigenvalue weighted by Gasteiger charge is 2.36. The van der Waals surface area contributed by atoms with E-state index in [0.717, 1.165) is 48.6 Å². The molecule has 2 atom stereocenters. The van der Waals surface area contributed by atoms with Crippen LogP contribution in [0.2, 0.25) is 5.02 Å². The lowest BCUT2D eigenvalue weighted by molar-refractivity contribution is -0.137. The van der Waals surface area contributed by atoms with E-state index in [1.807, 2.05) is 60.7 Å². The summed E-state index contributed by atoms with van der Waals surface area (Å²) < 4.78 is 40.2. The highest BCUT2D eigenvalue weighted by Crippen LogP contribution is 2.37. The molecule has 3 aromatic carbocycles. The smallest absolute Gasteiger partial charge is 0.344 e. The third-order valence-corrected chi connectivity index (χ3v) is 7.03. The Morgan fingerprint density at radius 1 is 1.03 bits per heavy atom. The zero-order chi connectivity index (χ0) is 25.7. The molecule has 188 valence electrons. The van der Waals surface area contributed by atoms with E-state index in [9.17, 15) is 18.0 Å². The summed E-state index contributed by atoms with van der Waals surface area (Å²) in [4.78, 5) is 15.6. The molecule has 0 aliphatic carbocycles. The van der Waals surface area contributed by atoms with Gasteiger partial charge >= 0.3 is 6.18 Å². The number of benzene rings is 3. The Bertz CT molecular complexity index is 1200. The van der Waals surface area contributed by atoms with Gasteiger partial charge in [-0.2, -0.15) is 13.2 Å². The number of halogens is 4. The first-order valence-corrected chi connectivity index (χ1v) is 12.3. The lowest BCUT2D eigenvalue weighted by Crippen LogP contribution is -2.48. The number of alkyl halides is 3. The van der Waals surface area contributed by atoms with Gasteiger partial charge in [-0.1, -0.05) is 84.8 Å². The molecule has 7 heteroatoms. The Hall–Kier alpha value is -3.09. The van der Waals surface area contributed by atoms with Crippen LogP contribution >= 0.6 is 11.6 Å². The predicted octanol–water partition coefficient (Wildman–Crippen LogP) is 7.54. The summed E-state index contributed by atoms with van der Waals surface area (Å²) in [6.07, 6.45) is 0.0631. The number of amides is 1. The summed E-state index contributed by atoms with van der Waals surface area (Å²) in [5.41, 5.74) is 1.78. The number of piperidine rings is 1. The van der Waals surface area contributed by atoms with E-state index in [2.05, 4.69) is 16.8 Å². The molecule has 3 nitrogen and oxygen atoms in total. The van der Waals surface area contributed by atoms with Gasteiger partial charge in [0.05, 0.1) is 22.2 Å². The van der Waals surface area contributed by atoms with E-state index >= 15 is 0 Å². The second-order valence-corrected chi connectivity index (χ2v) is 9.33. The maximum atomic E-state index is 13.4. The fraction of sp³-hybridized carbons (Fsp3) is 0.276. The lowest BCUT2D eigenvalue weighted by atomic mass is 9.89. The second-order valence-electron chi connectivity index (χ2n) is 8.95. The zero-order valence-corrected chi connectivity index (χ0v) is 20.5. The number of nitrogens with zero attached hydrogens (tertiary/aromatic N) is 1. The molecular formula is C29H28ClF3N2O. The lowest BCUT2D eigenvalue weighted by Gasteiger charge is -2.40. The highest BCUT2D eigenvalue weighted by molar-refractivity contribution is 6.34. The van der Waals surface area contributed by atoms with Gasteiger partial charge < -0.3 is 5.32 Å². The minimum Gasteiger partial charge on any atom is -0.344 e. The van der Waals surface area contributed by atoms with Gasteiger partial charge in [0.1, 0.15) is 0 Å². The Morgan fingerprint density at radius 2 is 1.72 bits per heavy atom. The van der Waals surface area contributed by atoms with Gasteiger partial charge in [-0.05, 0) is 48.2 Å². The number of hydrogen-bond donors (Lipinski definition) is 1. The molecule has 3 aromatic rings. The number of carbonyl (C=O) groups excluding carboxylic acids is 1. The predicted molar refractivity (Wildman–Crippen MR) is 138 cm³/mol. The summed E-state index contributed by atoms with van der Waals surface area (Å²) in [6.45, 7) is 5.38. The maximum Gasteiger partial charge on any atom is 0.417 e. The summed E-state index contributed by atoms with van der Waals surface area (Å²) in [6, 6.07) is 20.8. The van der Waals surface area contributed by atoms with Crippen molar-refractivity contribution in [2.24, 2.45) is 0 Å². The number of hydrogen-bond acceptors (Lipinski definition) is 2. The molecule has 0 aromatic heterocycles. The fourth-order valence-corrected chi connectivity index (χ4v) is 5.17. The Kier molecular flexibility index (Phi) is 8.17. The molecule has 0 bridgehead atoms. The van der Waals surface area contributed by atoms with Crippen LogP contribution in [0.1, 0.15) is 46.8 Å². The Balaban J connectivity index is 1.69. The van der Waals surface area contributed by atoms with Crippen LogP contribution in [0.15, 0.2) is 85.5 Å². The topological polar surface area (TPSA) is 32.3 Å². The number of likely N-dealkylation sites (tertiary alicyclic amines) is 1. The second kappa shape index (κ2) is 11.3. The van der Waals surface area contributed by atoms with Crippen LogP contribution in [0.3, 0.4) is 0 Å². The van der Waals surface area contributed by atoms with Gasteiger partial charge in [0, 0.05) is 12.6 Å². The molecule has 0 spiro atoms. The minimum atomic E-state index is -4.65. The van der Waals surface area contributed by atoms with Crippen LogP contribution < -0.4 is 5.32 Å². The largest absolute Gasteiger partial charge is 0.417 e. The first-order valence-electron chi connectivity index (χ1n) is 12.0. The van der Waals surface area contributed by atoms with Gasteiger partial charge in [0.15, 0.2) is 0 Å². The van der Waals surface area contributed by atoms with Crippen molar-refractivity contribution in [3.63, 3.8) is 0 Å². The normalized spacial score (nSPS) is 17.4. The Morgan fingerprint density at radius 3 is 2.39 bits per heavy atom. The standard InChI is InChI=1S/C29H28ClF3N2O/c1-2-18-35-19-7-6-13-25(35)27(22-16-14-21(15-17-22)20-9-4-3-5-10-20)34-28(36)23-11-8-12-24(26(23)30)29(31,32)33/h2-5,8-12,14-17,25,27H,1,6-7,13,18-19H2,(H,34,36)/t25-,27-/m0/s1. The molecule has 1 saturated heterocycles. The van der Waals surface area contributed by atoms with Crippen LogP contribution in [0.4, 0.5) is 13.2 Å². The molecule has 4 rings (SSSR count). The van der Waals surface area contributed by atoms with Gasteiger partial charge in [-0.3, -0.25) is 9.69 Å². The van der Waals surface area contributed by atoms with Gasteiger partial charge in [-0.15, -0.1) is 6.58 Å². The highest BCUT2D eigenvalue weighted by atomic mass is 35.5. The summed E-state index contributed by atoms with van der Waals surface area (Å²) in [5, 5.41) is 2.43. The third kappa shape index (κ3) is 5.82. The maximum absolute atomic E-state index is 13.4. The van der Waals surface area contributed by atoms with E-state index in [1.165, 1.54) is 12.1 Å². The van der Waals surface area contributed by atoms with Crippen LogP contribution in [0.25, 0.3) is 11.1 Å². The molecule has 1 amide bonds. The van der Waals surface area contributed by atoms with Crippen molar-refractivity contribution < 1.29 is 18.0 Å². The van der Waals surface area contributed by atoms with Crippen LogP contribution in [0, 0.1) is 0 Å². The van der Waals surface area contributed by atoms with Crippen LogP contribution in [-0.2, 0) is 6.18 Å². The molecule has 0 radical (unpaired) electrons. The summed E-state index contributed by atoms with van der Waals surface area (Å²) in [5.74, 6) is -0.632. The number of carbonyl (C=O) groups is 1. The molecule has 1 heterocycles. The molecule has 1 aliphatic rings. The zero-order valence-electron chi connectivity index (χ0n) is 19.8. The van der Waals surface area contributed by atoms with E-state index in [1.54, 1.807) is 0 Å². The molecular weight excluding hydrogens is 485 g/mol. The van der Waals surface area contributed by atoms with Crippen molar-refractivity contribution >= 4 is 17.5 Å². The molecule has 1 N–H and O–H groups in total. The number of rotatable bonds is 7. The van der Waals surface area contributed by atoms with E-state index in [-0.39, 0.29) is 11.6 Å². The average Bonchev–Trinajstić information content (AvgIpc) is 2.88. The van der Waals surface area contributed by atoms with Gasteiger partial charge in [0.25, 0.3) is 5.91 Å². The minimum absolute atomic E-state index is 0.0344. The fourth-order valence-electron chi connectivity index (χ4n) is 4.85. The molecule has 36 heavy (non-hydrogen) atoms. The van der Waals surface area contributed by atoms with Crippen molar-refractivity contribution in [1.29, 1.82) is 0 Å². The third-order valence-electron chi connectivity index (χ3n) is 6.62. The van der Waals surface area contributed by atoms with Gasteiger partial charge in [-0.25, -0.2) is 0 Å². The SMILES string of the molecule is C=CCN1CCCC[C@H]1[C@@H](NC(=O)c1cccc(C(F)(F)F)c1Cl)c1ccc(-c2ccccc2)cc1. The molecule has 1 fully saturated rings. The van der Waals surface area contributed by atoms with Crippen LogP contribution in [-0.4, -0.2) is 29.9 Å². The van der Waals surface area contributed by atoms with E-state index in [4.69, 9.17) is 11.6 Å². The number of nitrogens with one attached hydrogen (secondary N) is 1. The van der Waals surface area contributed by atoms with Crippen molar-refractivity contribution in [3.05, 3.63) is 107 Å². The average molecular weight is 513 g/mol. The van der Waals surface area contributed by atoms with Gasteiger partial charge in [0.2, 0.25) is 0 Å². The summed E-state index contributed by atoms with van der Waals surface area (Å²) in [7, 11) is 0. The van der Waals surface area contributed by atoms with Crippen molar-refractivity contribution in [2.45, 2.75) is 37.5 Å².